The Morgan fingerprint density at radius 2 is 1.92 bits per heavy atom. The fourth-order valence-electron chi connectivity index (χ4n) is 1.87. The first kappa shape index (κ1) is 10.6. The summed E-state index contributed by atoms with van der Waals surface area (Å²) in [5.41, 5.74) is 0.0911. The largest absolute Gasteiger partial charge is 0.348 e. The summed E-state index contributed by atoms with van der Waals surface area (Å²) in [5.74, 6) is 2.27. The Hall–Kier alpha value is -0.520. The lowest BCUT2D eigenvalue weighted by molar-refractivity contribution is -0.163. The molecule has 0 aromatic carbocycles. The van der Waals surface area contributed by atoms with Gasteiger partial charge in [-0.3, -0.25) is 0 Å². The minimum atomic E-state index is -0.416. The highest BCUT2D eigenvalue weighted by Crippen LogP contribution is 2.35. The van der Waals surface area contributed by atoms with Crippen LogP contribution in [0.2, 0.25) is 0 Å². The molecular weight excluding hydrogens is 164 g/mol. The smallest absolute Gasteiger partial charge is 0.166 e. The summed E-state index contributed by atoms with van der Waals surface area (Å²) >= 11 is 0. The monoisotopic (exact) mass is 182 g/mol. The van der Waals surface area contributed by atoms with E-state index in [0.717, 1.165) is 12.8 Å². The van der Waals surface area contributed by atoms with Gasteiger partial charge >= 0.3 is 0 Å². The predicted molar refractivity (Wildman–Crippen MR) is 52.2 cm³/mol. The van der Waals surface area contributed by atoms with Crippen molar-refractivity contribution >= 4 is 0 Å². The van der Waals surface area contributed by atoms with Crippen LogP contribution in [-0.4, -0.2) is 19.0 Å². The zero-order valence-corrected chi connectivity index (χ0v) is 8.72. The second kappa shape index (κ2) is 3.69. The van der Waals surface area contributed by atoms with Crippen LogP contribution in [0, 0.1) is 17.8 Å². The van der Waals surface area contributed by atoms with E-state index in [-0.39, 0.29) is 5.41 Å². The lowest BCUT2D eigenvalue weighted by Gasteiger charge is -2.31. The van der Waals surface area contributed by atoms with Gasteiger partial charge < -0.3 is 9.47 Å². The number of hydrogen-bond acceptors (Lipinski definition) is 2. The third-order valence-electron chi connectivity index (χ3n) is 2.28. The van der Waals surface area contributed by atoms with E-state index in [9.17, 15) is 0 Å². The fourth-order valence-corrected chi connectivity index (χ4v) is 1.87. The molecule has 0 amide bonds. The summed E-state index contributed by atoms with van der Waals surface area (Å²) in [7, 11) is 0. The van der Waals surface area contributed by atoms with Crippen molar-refractivity contribution in [2.45, 2.75) is 39.4 Å². The van der Waals surface area contributed by atoms with Crippen LogP contribution in [-0.2, 0) is 9.47 Å². The molecule has 1 rings (SSSR count). The van der Waals surface area contributed by atoms with Crippen LogP contribution in [0.1, 0.15) is 33.6 Å². The number of terminal acetylenes is 1. The Labute approximate surface area is 80.6 Å². The molecule has 0 spiro atoms. The minimum absolute atomic E-state index is 0.0911. The maximum atomic E-state index is 5.53. The first-order chi connectivity index (χ1) is 5.97. The summed E-state index contributed by atoms with van der Waals surface area (Å²) in [6, 6.07) is 0. The normalized spacial score (nSPS) is 21.4. The van der Waals surface area contributed by atoms with Crippen molar-refractivity contribution in [1.29, 1.82) is 0 Å². The van der Waals surface area contributed by atoms with Gasteiger partial charge in [-0.2, -0.15) is 0 Å². The van der Waals surface area contributed by atoms with E-state index < -0.39 is 5.79 Å². The van der Waals surface area contributed by atoms with Crippen molar-refractivity contribution in [1.82, 2.24) is 0 Å². The predicted octanol–water partition coefficient (Wildman–Crippen LogP) is 2.19. The third-order valence-corrected chi connectivity index (χ3v) is 2.28. The molecule has 0 aromatic heterocycles. The second-order valence-electron chi connectivity index (χ2n) is 4.55. The standard InChI is InChI=1S/C11H18O2/c1-5-6-10(2,3)9-11(4)12-7-8-13-11/h1H,6-9H2,2-4H3. The van der Waals surface area contributed by atoms with E-state index in [4.69, 9.17) is 15.9 Å². The molecule has 1 fully saturated rings. The average Bonchev–Trinajstić information content (AvgIpc) is 2.33. The summed E-state index contributed by atoms with van der Waals surface area (Å²) in [6.45, 7) is 7.66. The molecule has 2 heteroatoms. The van der Waals surface area contributed by atoms with Gasteiger partial charge in [0.25, 0.3) is 0 Å². The van der Waals surface area contributed by atoms with E-state index in [1.807, 2.05) is 6.92 Å². The van der Waals surface area contributed by atoms with Gasteiger partial charge in [0.1, 0.15) is 0 Å². The molecule has 0 saturated carbocycles. The SMILES string of the molecule is C#CCC(C)(C)CC1(C)OCCO1. The molecule has 0 aromatic rings. The highest BCUT2D eigenvalue weighted by atomic mass is 16.7. The molecular formula is C11H18O2. The Morgan fingerprint density at radius 1 is 1.38 bits per heavy atom. The Bertz CT molecular complexity index is 207. The van der Waals surface area contributed by atoms with Crippen molar-refractivity contribution in [3.63, 3.8) is 0 Å². The molecule has 0 bridgehead atoms. The van der Waals surface area contributed by atoms with Crippen LogP contribution < -0.4 is 0 Å². The highest BCUT2D eigenvalue weighted by Gasteiger charge is 2.36. The molecule has 1 aliphatic rings. The molecule has 2 nitrogen and oxygen atoms in total. The van der Waals surface area contributed by atoms with Gasteiger partial charge in [0.15, 0.2) is 5.79 Å². The summed E-state index contributed by atoms with van der Waals surface area (Å²) in [4.78, 5) is 0. The Kier molecular flexibility index (Phi) is 3.00. The van der Waals surface area contributed by atoms with Gasteiger partial charge in [-0.05, 0) is 12.3 Å². The van der Waals surface area contributed by atoms with Gasteiger partial charge in [0.05, 0.1) is 13.2 Å². The first-order valence-corrected chi connectivity index (χ1v) is 4.69. The molecule has 0 atom stereocenters. The summed E-state index contributed by atoms with van der Waals surface area (Å²) < 4.78 is 11.1. The molecule has 0 N–H and O–H groups in total. The molecule has 1 saturated heterocycles. The quantitative estimate of drug-likeness (QED) is 0.623. The first-order valence-electron chi connectivity index (χ1n) is 4.69. The van der Waals surface area contributed by atoms with Gasteiger partial charge in [-0.1, -0.05) is 13.8 Å². The van der Waals surface area contributed by atoms with E-state index in [1.54, 1.807) is 0 Å². The zero-order chi connectivity index (χ0) is 9.95. The number of hydrogen-bond donors (Lipinski definition) is 0. The van der Waals surface area contributed by atoms with E-state index in [0.29, 0.717) is 13.2 Å². The summed E-state index contributed by atoms with van der Waals surface area (Å²) in [5, 5.41) is 0. The lowest BCUT2D eigenvalue weighted by Crippen LogP contribution is -2.32. The van der Waals surface area contributed by atoms with Crippen molar-refractivity contribution in [3.05, 3.63) is 0 Å². The molecule has 1 heterocycles. The van der Waals surface area contributed by atoms with Crippen molar-refractivity contribution in [3.8, 4) is 12.3 Å². The second-order valence-corrected chi connectivity index (χ2v) is 4.55. The molecule has 0 aliphatic carbocycles. The van der Waals surface area contributed by atoms with Crippen LogP contribution in [0.4, 0.5) is 0 Å². The van der Waals surface area contributed by atoms with Gasteiger partial charge in [0, 0.05) is 12.8 Å². The maximum Gasteiger partial charge on any atom is 0.166 e. The average molecular weight is 182 g/mol. The number of rotatable bonds is 3. The summed E-state index contributed by atoms with van der Waals surface area (Å²) in [6.07, 6.45) is 6.91. The van der Waals surface area contributed by atoms with Crippen molar-refractivity contribution in [2.24, 2.45) is 5.41 Å². The van der Waals surface area contributed by atoms with Crippen LogP contribution in [0.25, 0.3) is 0 Å². The Balaban J connectivity index is 2.51. The third kappa shape index (κ3) is 3.02. The van der Waals surface area contributed by atoms with Crippen LogP contribution in [0.3, 0.4) is 0 Å². The van der Waals surface area contributed by atoms with Gasteiger partial charge in [-0.25, -0.2) is 0 Å². The molecule has 0 radical (unpaired) electrons. The zero-order valence-electron chi connectivity index (χ0n) is 8.72. The van der Waals surface area contributed by atoms with Gasteiger partial charge in [0.2, 0.25) is 0 Å². The van der Waals surface area contributed by atoms with Gasteiger partial charge in [-0.15, -0.1) is 12.3 Å². The van der Waals surface area contributed by atoms with Crippen molar-refractivity contribution in [2.75, 3.05) is 13.2 Å². The number of ether oxygens (including phenoxy) is 2. The topological polar surface area (TPSA) is 18.5 Å². The minimum Gasteiger partial charge on any atom is -0.348 e. The fraction of sp³-hybridized carbons (Fsp3) is 0.818. The van der Waals surface area contributed by atoms with Crippen LogP contribution >= 0.6 is 0 Å². The lowest BCUT2D eigenvalue weighted by atomic mass is 9.83. The van der Waals surface area contributed by atoms with E-state index >= 15 is 0 Å². The Morgan fingerprint density at radius 3 is 2.38 bits per heavy atom. The van der Waals surface area contributed by atoms with E-state index in [2.05, 4.69) is 19.8 Å². The van der Waals surface area contributed by atoms with Crippen molar-refractivity contribution < 1.29 is 9.47 Å². The molecule has 1 aliphatic heterocycles. The molecule has 74 valence electrons. The molecule has 13 heavy (non-hydrogen) atoms. The van der Waals surface area contributed by atoms with Crippen LogP contribution in [0.5, 0.6) is 0 Å². The van der Waals surface area contributed by atoms with E-state index in [1.165, 1.54) is 0 Å². The maximum absolute atomic E-state index is 5.53. The molecule has 0 unspecified atom stereocenters. The van der Waals surface area contributed by atoms with Crippen LogP contribution in [0.15, 0.2) is 0 Å². The highest BCUT2D eigenvalue weighted by molar-refractivity contribution is 4.93.